The molecule has 1 rings (SSSR count). The fourth-order valence-electron chi connectivity index (χ4n) is 1.39. The van der Waals surface area contributed by atoms with Crippen LogP contribution in [0.4, 0.5) is 0 Å². The van der Waals surface area contributed by atoms with E-state index >= 15 is 0 Å². The third kappa shape index (κ3) is 4.75. The van der Waals surface area contributed by atoms with E-state index < -0.39 is 8.32 Å². The molecule has 0 aliphatic carbocycles. The summed E-state index contributed by atoms with van der Waals surface area (Å²) in [6.45, 7) is 12.0. The molecular weight excluding hydrogens is 363 g/mol. The second kappa shape index (κ2) is 6.48. The lowest BCUT2D eigenvalue weighted by Gasteiger charge is -2.36. The van der Waals surface area contributed by atoms with Crippen molar-refractivity contribution in [3.8, 4) is 0 Å². The van der Waals surface area contributed by atoms with E-state index in [4.69, 9.17) is 27.6 Å². The highest BCUT2D eigenvalue weighted by Gasteiger charge is 2.36. The minimum Gasteiger partial charge on any atom is -0.416 e. The smallest absolute Gasteiger partial charge is 0.191 e. The van der Waals surface area contributed by atoms with Crippen LogP contribution >= 0.6 is 39.1 Å². The van der Waals surface area contributed by atoms with Crippen molar-refractivity contribution in [2.45, 2.75) is 45.3 Å². The Kier molecular flexibility index (Phi) is 5.97. The van der Waals surface area contributed by atoms with Crippen LogP contribution in [0.3, 0.4) is 0 Å². The van der Waals surface area contributed by atoms with Gasteiger partial charge in [-0.05, 0) is 42.2 Å². The molecule has 0 spiro atoms. The highest BCUT2D eigenvalue weighted by Crippen LogP contribution is 2.37. The van der Waals surface area contributed by atoms with Crippen LogP contribution in [0, 0.1) is 0 Å². The molecule has 0 aliphatic rings. The summed E-state index contributed by atoms with van der Waals surface area (Å²) in [7, 11) is -1.68. The fourth-order valence-corrected chi connectivity index (χ4v) is 3.46. The number of hydrogen-bond acceptors (Lipinski definition) is 1. The van der Waals surface area contributed by atoms with Crippen LogP contribution in [0.2, 0.25) is 28.2 Å². The lowest BCUT2D eigenvalue weighted by Crippen LogP contribution is -2.41. The number of halogens is 3. The summed E-state index contributed by atoms with van der Waals surface area (Å²) in [5.41, 5.74) is 1.13. The molecule has 1 aromatic carbocycles. The van der Waals surface area contributed by atoms with E-state index in [0.717, 1.165) is 16.5 Å². The second-order valence-corrected chi connectivity index (χ2v) is 12.7. The van der Waals surface area contributed by atoms with E-state index in [2.05, 4.69) is 49.8 Å². The predicted octanol–water partition coefficient (Wildman–Crippen LogP) is 6.32. The molecule has 0 fully saturated rings. The number of rotatable bonds is 4. The molecular formula is C14H21BrCl2OSi. The van der Waals surface area contributed by atoms with Gasteiger partial charge in [-0.25, -0.2) is 0 Å². The lowest BCUT2D eigenvalue weighted by atomic mass is 10.2. The Morgan fingerprint density at radius 3 is 2.21 bits per heavy atom. The van der Waals surface area contributed by atoms with Crippen molar-refractivity contribution in [3.05, 3.63) is 32.2 Å². The van der Waals surface area contributed by atoms with Gasteiger partial charge >= 0.3 is 0 Å². The van der Waals surface area contributed by atoms with E-state index in [0.29, 0.717) is 16.7 Å². The molecule has 0 atom stereocenters. The van der Waals surface area contributed by atoms with Gasteiger partial charge in [0.25, 0.3) is 0 Å². The summed E-state index contributed by atoms with van der Waals surface area (Å²) < 4.78 is 7.15. The van der Waals surface area contributed by atoms with Gasteiger partial charge in [0.2, 0.25) is 0 Å². The second-order valence-electron chi connectivity index (χ2n) is 6.22. The van der Waals surface area contributed by atoms with Gasteiger partial charge in [-0.1, -0.05) is 59.9 Å². The highest BCUT2D eigenvalue weighted by atomic mass is 79.9. The van der Waals surface area contributed by atoms with Crippen molar-refractivity contribution in [1.29, 1.82) is 0 Å². The molecule has 0 bridgehead atoms. The third-order valence-electron chi connectivity index (χ3n) is 3.73. The van der Waals surface area contributed by atoms with Crippen LogP contribution in [0.1, 0.15) is 26.3 Å². The monoisotopic (exact) mass is 382 g/mol. The molecule has 0 saturated heterocycles. The molecule has 0 unspecified atom stereocenters. The van der Waals surface area contributed by atoms with Crippen molar-refractivity contribution in [1.82, 2.24) is 0 Å². The first-order chi connectivity index (χ1) is 8.54. The van der Waals surface area contributed by atoms with Gasteiger partial charge in [-0.2, -0.15) is 0 Å². The van der Waals surface area contributed by atoms with Gasteiger partial charge in [-0.15, -0.1) is 0 Å². The fraction of sp³-hybridized carbons (Fsp3) is 0.571. The number of hydrogen-bond donors (Lipinski definition) is 0. The topological polar surface area (TPSA) is 9.23 Å². The number of benzene rings is 1. The van der Waals surface area contributed by atoms with E-state index in [1.807, 2.05) is 12.1 Å². The van der Waals surface area contributed by atoms with E-state index in [9.17, 15) is 0 Å². The van der Waals surface area contributed by atoms with Gasteiger partial charge in [0.1, 0.15) is 0 Å². The normalized spacial score (nSPS) is 12.8. The maximum Gasteiger partial charge on any atom is 0.191 e. The zero-order valence-corrected chi connectivity index (χ0v) is 16.2. The molecule has 0 radical (unpaired) electrons. The highest BCUT2D eigenvalue weighted by molar-refractivity contribution is 9.10. The maximum atomic E-state index is 6.16. The van der Waals surface area contributed by atoms with Crippen molar-refractivity contribution in [2.24, 2.45) is 0 Å². The van der Waals surface area contributed by atoms with Gasteiger partial charge < -0.3 is 4.43 Å². The first-order valence-corrected chi connectivity index (χ1v) is 10.8. The van der Waals surface area contributed by atoms with Crippen molar-refractivity contribution < 1.29 is 4.43 Å². The maximum absolute atomic E-state index is 6.16. The Hall–Kier alpha value is 0.457. The van der Waals surface area contributed by atoms with Gasteiger partial charge in [0.15, 0.2) is 8.32 Å². The van der Waals surface area contributed by atoms with Crippen LogP contribution in [-0.2, 0) is 10.8 Å². The van der Waals surface area contributed by atoms with Gasteiger partial charge in [-0.3, -0.25) is 0 Å². The average molecular weight is 384 g/mol. The Labute approximate surface area is 135 Å². The minimum absolute atomic E-state index is 0.238. The first kappa shape index (κ1) is 17.5. The third-order valence-corrected chi connectivity index (χ3v) is 9.73. The molecule has 0 aromatic heterocycles. The molecule has 1 nitrogen and oxygen atoms in total. The molecule has 0 saturated carbocycles. The summed E-state index contributed by atoms with van der Waals surface area (Å²) in [5, 5.41) is 1.40. The summed E-state index contributed by atoms with van der Waals surface area (Å²) in [4.78, 5) is 0. The Bertz CT molecular complexity index is 455. The molecule has 5 heteroatoms. The SMILES string of the molecule is CC(C)(C)[Si](C)(C)OCCc1cc(Cl)c(Cl)cc1Br. The lowest BCUT2D eigenvalue weighted by molar-refractivity contribution is 0.292. The average Bonchev–Trinajstić information content (AvgIpc) is 2.23. The Balaban J connectivity index is 2.67. The Morgan fingerprint density at radius 2 is 1.68 bits per heavy atom. The van der Waals surface area contributed by atoms with Crippen LogP contribution in [0.25, 0.3) is 0 Å². The standard InChI is InChI=1S/C14H21BrCl2OSi/c1-14(2,3)19(4,5)18-7-6-10-8-12(16)13(17)9-11(10)15/h8-9H,6-7H2,1-5H3. The van der Waals surface area contributed by atoms with Crippen molar-refractivity contribution >= 4 is 47.4 Å². The van der Waals surface area contributed by atoms with E-state index in [-0.39, 0.29) is 5.04 Å². The summed E-state index contributed by atoms with van der Waals surface area (Å²) >= 11 is 15.5. The first-order valence-electron chi connectivity index (χ1n) is 6.32. The molecule has 0 N–H and O–H groups in total. The predicted molar refractivity (Wildman–Crippen MR) is 91.0 cm³/mol. The summed E-state index contributed by atoms with van der Waals surface area (Å²) in [6.07, 6.45) is 0.837. The molecule has 108 valence electrons. The van der Waals surface area contributed by atoms with Crippen LogP contribution in [0.5, 0.6) is 0 Å². The molecule has 19 heavy (non-hydrogen) atoms. The molecule has 0 aliphatic heterocycles. The van der Waals surface area contributed by atoms with Crippen LogP contribution in [-0.4, -0.2) is 14.9 Å². The van der Waals surface area contributed by atoms with Crippen molar-refractivity contribution in [3.63, 3.8) is 0 Å². The summed E-state index contributed by atoms with van der Waals surface area (Å²) in [6, 6.07) is 3.74. The molecule has 0 heterocycles. The molecule has 1 aromatic rings. The largest absolute Gasteiger partial charge is 0.416 e. The van der Waals surface area contributed by atoms with Crippen LogP contribution in [0.15, 0.2) is 16.6 Å². The van der Waals surface area contributed by atoms with Crippen LogP contribution < -0.4 is 0 Å². The zero-order chi connectivity index (χ0) is 14.8. The van der Waals surface area contributed by atoms with Gasteiger partial charge in [0.05, 0.1) is 10.0 Å². The molecule has 0 amide bonds. The quantitative estimate of drug-likeness (QED) is 0.436. The van der Waals surface area contributed by atoms with E-state index in [1.165, 1.54) is 0 Å². The van der Waals surface area contributed by atoms with Gasteiger partial charge in [0, 0.05) is 11.1 Å². The van der Waals surface area contributed by atoms with Crippen molar-refractivity contribution in [2.75, 3.05) is 6.61 Å². The Morgan fingerprint density at radius 1 is 1.16 bits per heavy atom. The zero-order valence-electron chi connectivity index (χ0n) is 12.1. The minimum atomic E-state index is -1.68. The van der Waals surface area contributed by atoms with E-state index in [1.54, 1.807) is 0 Å². The summed E-state index contributed by atoms with van der Waals surface area (Å²) in [5.74, 6) is 0.